The van der Waals surface area contributed by atoms with Gasteiger partial charge in [-0.3, -0.25) is 15.1 Å². The van der Waals surface area contributed by atoms with Crippen LogP contribution in [0.15, 0.2) is 0 Å². The van der Waals surface area contributed by atoms with E-state index in [9.17, 15) is 9.90 Å². The summed E-state index contributed by atoms with van der Waals surface area (Å²) in [5, 5.41) is 17.7. The number of rotatable bonds is 3. The lowest BCUT2D eigenvalue weighted by Crippen LogP contribution is -2.52. The second-order valence-corrected chi connectivity index (χ2v) is 9.10. The summed E-state index contributed by atoms with van der Waals surface area (Å²) < 4.78 is 0. The fourth-order valence-electron chi connectivity index (χ4n) is 6.64. The standard InChI is InChI=1S/C20H33N3O2/c21-19(22)15-6-5-14-10-18(20(24)25)23(17(14)11-15)16-8-7-12-3-1-2-4-13(12)9-16/h12-18H,1-11H2,(H3,21,22)(H,24,25). The van der Waals surface area contributed by atoms with E-state index in [2.05, 4.69) is 4.90 Å². The summed E-state index contributed by atoms with van der Waals surface area (Å²) in [5.41, 5.74) is 5.80. The van der Waals surface area contributed by atoms with Crippen molar-refractivity contribution in [2.45, 2.75) is 88.8 Å². The molecule has 0 bridgehead atoms. The fraction of sp³-hybridized carbons (Fsp3) is 0.900. The van der Waals surface area contributed by atoms with E-state index >= 15 is 0 Å². The molecule has 0 radical (unpaired) electrons. The van der Waals surface area contributed by atoms with Crippen LogP contribution in [-0.2, 0) is 4.79 Å². The topological polar surface area (TPSA) is 90.4 Å². The number of hydrogen-bond donors (Lipinski definition) is 3. The van der Waals surface area contributed by atoms with Crippen molar-refractivity contribution in [3.63, 3.8) is 0 Å². The number of nitrogens with one attached hydrogen (secondary N) is 1. The third kappa shape index (κ3) is 3.20. The lowest BCUT2D eigenvalue weighted by atomic mass is 9.68. The first-order valence-corrected chi connectivity index (χ1v) is 10.4. The van der Waals surface area contributed by atoms with Crippen LogP contribution in [0, 0.1) is 29.1 Å². The number of likely N-dealkylation sites (tertiary alicyclic amines) is 1. The van der Waals surface area contributed by atoms with Crippen LogP contribution in [0.4, 0.5) is 0 Å². The van der Waals surface area contributed by atoms with E-state index in [1.807, 2.05) is 0 Å². The Bertz CT molecular complexity index is 537. The molecule has 0 aromatic rings. The molecule has 3 aliphatic carbocycles. The summed E-state index contributed by atoms with van der Waals surface area (Å²) in [6.07, 6.45) is 12.8. The molecule has 140 valence electrons. The van der Waals surface area contributed by atoms with Gasteiger partial charge in [0.05, 0.1) is 5.84 Å². The Morgan fingerprint density at radius 3 is 2.36 bits per heavy atom. The van der Waals surface area contributed by atoms with Gasteiger partial charge < -0.3 is 10.8 Å². The minimum absolute atomic E-state index is 0.155. The van der Waals surface area contributed by atoms with Crippen molar-refractivity contribution >= 4 is 11.8 Å². The number of carboxylic acids is 1. The molecular weight excluding hydrogens is 314 g/mol. The van der Waals surface area contributed by atoms with E-state index in [4.69, 9.17) is 11.1 Å². The molecule has 1 saturated heterocycles. The zero-order valence-corrected chi connectivity index (χ0v) is 15.2. The maximum Gasteiger partial charge on any atom is 0.320 e. The molecule has 3 saturated carbocycles. The summed E-state index contributed by atoms with van der Waals surface area (Å²) in [6, 6.07) is 0.445. The molecular formula is C20H33N3O2. The van der Waals surface area contributed by atoms with Crippen molar-refractivity contribution in [1.29, 1.82) is 5.41 Å². The lowest BCUT2D eigenvalue weighted by Gasteiger charge is -2.46. The molecule has 7 atom stereocenters. The van der Waals surface area contributed by atoms with Crippen molar-refractivity contribution < 1.29 is 9.90 Å². The smallest absolute Gasteiger partial charge is 0.320 e. The van der Waals surface area contributed by atoms with E-state index < -0.39 is 5.97 Å². The highest BCUT2D eigenvalue weighted by molar-refractivity contribution is 5.80. The van der Waals surface area contributed by atoms with Crippen LogP contribution >= 0.6 is 0 Å². The highest BCUT2D eigenvalue weighted by atomic mass is 16.4. The first-order chi connectivity index (χ1) is 12.0. The van der Waals surface area contributed by atoms with Gasteiger partial charge in [0.15, 0.2) is 0 Å². The van der Waals surface area contributed by atoms with Crippen molar-refractivity contribution in [3.8, 4) is 0 Å². The van der Waals surface area contributed by atoms with Gasteiger partial charge in [-0.05, 0) is 62.7 Å². The Balaban J connectivity index is 1.53. The van der Waals surface area contributed by atoms with Gasteiger partial charge in [0.2, 0.25) is 0 Å². The summed E-state index contributed by atoms with van der Waals surface area (Å²) >= 11 is 0. The first-order valence-electron chi connectivity index (χ1n) is 10.4. The highest BCUT2D eigenvalue weighted by Crippen LogP contribution is 2.48. The molecule has 0 aromatic carbocycles. The second kappa shape index (κ2) is 6.90. The van der Waals surface area contributed by atoms with Crippen LogP contribution in [-0.4, -0.2) is 39.9 Å². The molecule has 5 nitrogen and oxygen atoms in total. The van der Waals surface area contributed by atoms with Gasteiger partial charge in [-0.15, -0.1) is 0 Å². The van der Waals surface area contributed by atoms with Gasteiger partial charge in [-0.25, -0.2) is 0 Å². The molecule has 0 amide bonds. The van der Waals surface area contributed by atoms with E-state index in [1.165, 1.54) is 44.9 Å². The maximum atomic E-state index is 12.0. The predicted octanol–water partition coefficient (Wildman–Crippen LogP) is 3.23. The highest BCUT2D eigenvalue weighted by Gasteiger charge is 2.51. The number of carbonyl (C=O) groups is 1. The normalized spacial score (nSPS) is 44.7. The van der Waals surface area contributed by atoms with Crippen LogP contribution in [0.3, 0.4) is 0 Å². The lowest BCUT2D eigenvalue weighted by molar-refractivity contribution is -0.144. The number of nitrogens with two attached hydrogens (primary N) is 1. The number of fused-ring (bicyclic) bond motifs is 2. The van der Waals surface area contributed by atoms with Gasteiger partial charge in [0.1, 0.15) is 6.04 Å². The van der Waals surface area contributed by atoms with Gasteiger partial charge in [0.25, 0.3) is 0 Å². The summed E-state index contributed by atoms with van der Waals surface area (Å²) in [6.45, 7) is 0. The average Bonchev–Trinajstić information content (AvgIpc) is 3.00. The monoisotopic (exact) mass is 347 g/mol. The molecule has 0 aromatic heterocycles. The van der Waals surface area contributed by atoms with Crippen LogP contribution in [0.25, 0.3) is 0 Å². The molecule has 7 unspecified atom stereocenters. The van der Waals surface area contributed by atoms with Crippen LogP contribution in [0.1, 0.15) is 70.6 Å². The van der Waals surface area contributed by atoms with Gasteiger partial charge in [0, 0.05) is 18.0 Å². The Morgan fingerprint density at radius 1 is 0.920 bits per heavy atom. The third-order valence-electron chi connectivity index (χ3n) is 7.88. The van der Waals surface area contributed by atoms with E-state index in [0.29, 0.717) is 23.8 Å². The Labute approximate surface area is 150 Å². The van der Waals surface area contributed by atoms with E-state index in [1.54, 1.807) is 0 Å². The molecule has 4 rings (SSSR count). The van der Waals surface area contributed by atoms with Gasteiger partial charge in [-0.2, -0.15) is 0 Å². The minimum atomic E-state index is -0.639. The number of nitrogens with zero attached hydrogens (tertiary/aromatic N) is 1. The zero-order valence-electron chi connectivity index (χ0n) is 15.2. The van der Waals surface area contributed by atoms with Crippen LogP contribution in [0.5, 0.6) is 0 Å². The fourth-order valence-corrected chi connectivity index (χ4v) is 6.64. The molecule has 5 heteroatoms. The summed E-state index contributed by atoms with van der Waals surface area (Å²) in [4.78, 5) is 14.4. The Morgan fingerprint density at radius 2 is 1.64 bits per heavy atom. The van der Waals surface area contributed by atoms with Crippen molar-refractivity contribution in [3.05, 3.63) is 0 Å². The number of hydrogen-bond acceptors (Lipinski definition) is 3. The molecule has 1 aliphatic heterocycles. The first kappa shape index (κ1) is 17.3. The predicted molar refractivity (Wildman–Crippen MR) is 97.5 cm³/mol. The van der Waals surface area contributed by atoms with Crippen LogP contribution in [0.2, 0.25) is 0 Å². The second-order valence-electron chi connectivity index (χ2n) is 9.10. The zero-order chi connectivity index (χ0) is 17.6. The SMILES string of the molecule is N=C(N)C1CCC2CC(C(=O)O)N(C3CCC4CCCCC4C3)C2C1. The molecule has 0 spiro atoms. The number of amidine groups is 1. The third-order valence-corrected chi connectivity index (χ3v) is 7.88. The quantitative estimate of drug-likeness (QED) is 0.540. The van der Waals surface area contributed by atoms with E-state index in [-0.39, 0.29) is 12.0 Å². The Kier molecular flexibility index (Phi) is 4.78. The molecule has 25 heavy (non-hydrogen) atoms. The molecule has 4 fully saturated rings. The van der Waals surface area contributed by atoms with Gasteiger partial charge in [-0.1, -0.05) is 25.7 Å². The minimum Gasteiger partial charge on any atom is -0.480 e. The average molecular weight is 348 g/mol. The number of aliphatic carboxylic acids is 1. The Hall–Kier alpha value is -1.10. The van der Waals surface area contributed by atoms with Crippen molar-refractivity contribution in [2.24, 2.45) is 29.4 Å². The van der Waals surface area contributed by atoms with E-state index in [0.717, 1.165) is 37.5 Å². The van der Waals surface area contributed by atoms with Crippen LogP contribution < -0.4 is 5.73 Å². The summed E-state index contributed by atoms with van der Waals surface area (Å²) in [7, 11) is 0. The molecule has 1 heterocycles. The number of carboxylic acid groups (broad SMARTS) is 1. The van der Waals surface area contributed by atoms with Gasteiger partial charge >= 0.3 is 5.97 Å². The maximum absolute atomic E-state index is 12.0. The molecule has 4 aliphatic rings. The van der Waals surface area contributed by atoms with Crippen molar-refractivity contribution in [2.75, 3.05) is 0 Å². The summed E-state index contributed by atoms with van der Waals surface area (Å²) in [5.74, 6) is 2.01. The molecule has 4 N–H and O–H groups in total. The largest absolute Gasteiger partial charge is 0.480 e. The van der Waals surface area contributed by atoms with Crippen molar-refractivity contribution in [1.82, 2.24) is 4.90 Å².